The molecular weight excluding hydrogens is 176 g/mol. The molecule has 0 atom stereocenters. The molecule has 3 heteroatoms. The Labute approximate surface area is 84.9 Å². The summed E-state index contributed by atoms with van der Waals surface area (Å²) in [6.45, 7) is 5.93. The van der Waals surface area contributed by atoms with E-state index in [4.69, 9.17) is 10.8 Å². The third-order valence-corrected chi connectivity index (χ3v) is 2.08. The molecule has 1 aromatic rings. The van der Waals surface area contributed by atoms with Crippen LogP contribution in [0.1, 0.15) is 19.4 Å². The number of aryl methyl sites for hydroxylation is 1. The van der Waals surface area contributed by atoms with Crippen LogP contribution in [0.3, 0.4) is 0 Å². The maximum absolute atomic E-state index is 9.11. The highest BCUT2D eigenvalue weighted by Crippen LogP contribution is 2.23. The van der Waals surface area contributed by atoms with Gasteiger partial charge in [0.05, 0.1) is 23.5 Å². The quantitative estimate of drug-likeness (QED) is 0.643. The van der Waals surface area contributed by atoms with Crippen LogP contribution in [0.15, 0.2) is 18.2 Å². The molecule has 1 rings (SSSR count). The first-order valence-corrected chi connectivity index (χ1v) is 4.70. The zero-order chi connectivity index (χ0) is 10.8. The standard InChI is InChI=1S/C11H18N2O/c1-8-4-5-9(12)10(6-8)13-11(2,3)7-14/h4-6,13-14H,7,12H2,1-3H3. The van der Waals surface area contributed by atoms with Crippen molar-refractivity contribution in [3.63, 3.8) is 0 Å². The van der Waals surface area contributed by atoms with E-state index in [0.29, 0.717) is 5.69 Å². The number of nitrogen functional groups attached to an aromatic ring is 1. The van der Waals surface area contributed by atoms with E-state index in [0.717, 1.165) is 11.3 Å². The van der Waals surface area contributed by atoms with Gasteiger partial charge in [-0.2, -0.15) is 0 Å². The van der Waals surface area contributed by atoms with Gasteiger partial charge in [-0.15, -0.1) is 0 Å². The highest BCUT2D eigenvalue weighted by atomic mass is 16.3. The minimum Gasteiger partial charge on any atom is -0.397 e. The Hall–Kier alpha value is -1.22. The lowest BCUT2D eigenvalue weighted by Gasteiger charge is -2.26. The van der Waals surface area contributed by atoms with Crippen LogP contribution in [-0.2, 0) is 0 Å². The molecule has 4 N–H and O–H groups in total. The number of anilines is 2. The Bertz CT molecular complexity index is 321. The van der Waals surface area contributed by atoms with Gasteiger partial charge in [-0.3, -0.25) is 0 Å². The number of rotatable bonds is 3. The van der Waals surface area contributed by atoms with Gasteiger partial charge in [0.1, 0.15) is 0 Å². The topological polar surface area (TPSA) is 58.3 Å². The molecule has 0 amide bonds. The smallest absolute Gasteiger partial charge is 0.0656 e. The fraction of sp³-hybridized carbons (Fsp3) is 0.455. The number of nitrogens with two attached hydrogens (primary N) is 1. The minimum atomic E-state index is -0.345. The summed E-state index contributed by atoms with van der Waals surface area (Å²) >= 11 is 0. The van der Waals surface area contributed by atoms with Crippen molar-refractivity contribution in [3.8, 4) is 0 Å². The summed E-state index contributed by atoms with van der Waals surface area (Å²) in [7, 11) is 0. The lowest BCUT2D eigenvalue weighted by Crippen LogP contribution is -2.35. The SMILES string of the molecule is Cc1ccc(N)c(NC(C)(C)CO)c1. The number of hydrogen-bond donors (Lipinski definition) is 3. The molecule has 78 valence electrons. The van der Waals surface area contributed by atoms with Gasteiger partial charge >= 0.3 is 0 Å². The minimum absolute atomic E-state index is 0.0698. The largest absolute Gasteiger partial charge is 0.397 e. The maximum atomic E-state index is 9.11. The van der Waals surface area contributed by atoms with Crippen LogP contribution in [0, 0.1) is 6.92 Å². The maximum Gasteiger partial charge on any atom is 0.0656 e. The third-order valence-electron chi connectivity index (χ3n) is 2.08. The molecule has 0 aliphatic rings. The van der Waals surface area contributed by atoms with Crippen LogP contribution in [0.2, 0.25) is 0 Å². The zero-order valence-electron chi connectivity index (χ0n) is 8.96. The van der Waals surface area contributed by atoms with Gasteiger partial charge in [0, 0.05) is 0 Å². The fourth-order valence-corrected chi connectivity index (χ4v) is 1.18. The zero-order valence-corrected chi connectivity index (χ0v) is 8.96. The average molecular weight is 194 g/mol. The first-order valence-electron chi connectivity index (χ1n) is 4.70. The summed E-state index contributed by atoms with van der Waals surface area (Å²) < 4.78 is 0. The molecule has 0 aromatic heterocycles. The number of hydrogen-bond acceptors (Lipinski definition) is 3. The van der Waals surface area contributed by atoms with Gasteiger partial charge in [0.2, 0.25) is 0 Å². The summed E-state index contributed by atoms with van der Waals surface area (Å²) in [6, 6.07) is 5.81. The van der Waals surface area contributed by atoms with Crippen LogP contribution in [0.25, 0.3) is 0 Å². The summed E-state index contributed by atoms with van der Waals surface area (Å²) in [5, 5.41) is 12.3. The van der Waals surface area contributed by atoms with Crippen molar-refractivity contribution in [1.29, 1.82) is 0 Å². The highest BCUT2D eigenvalue weighted by Gasteiger charge is 2.16. The second kappa shape index (κ2) is 3.88. The highest BCUT2D eigenvalue weighted by molar-refractivity contribution is 5.67. The number of aliphatic hydroxyl groups is 1. The lowest BCUT2D eigenvalue weighted by atomic mass is 10.1. The Morgan fingerprint density at radius 2 is 2.07 bits per heavy atom. The molecule has 0 saturated heterocycles. The average Bonchev–Trinajstić information content (AvgIpc) is 2.11. The van der Waals surface area contributed by atoms with E-state index in [-0.39, 0.29) is 12.1 Å². The van der Waals surface area contributed by atoms with Crippen molar-refractivity contribution in [2.75, 3.05) is 17.7 Å². The first-order chi connectivity index (χ1) is 6.44. The molecule has 0 aliphatic heterocycles. The van der Waals surface area contributed by atoms with E-state index in [1.54, 1.807) is 0 Å². The summed E-state index contributed by atoms with van der Waals surface area (Å²) in [5.41, 5.74) is 8.19. The van der Waals surface area contributed by atoms with Crippen LogP contribution < -0.4 is 11.1 Å². The van der Waals surface area contributed by atoms with E-state index in [9.17, 15) is 0 Å². The van der Waals surface area contributed by atoms with Crippen LogP contribution in [0.5, 0.6) is 0 Å². The van der Waals surface area contributed by atoms with Crippen LogP contribution >= 0.6 is 0 Å². The molecular formula is C11H18N2O. The van der Waals surface area contributed by atoms with Crippen molar-refractivity contribution in [3.05, 3.63) is 23.8 Å². The molecule has 0 unspecified atom stereocenters. The van der Waals surface area contributed by atoms with Gasteiger partial charge in [0.15, 0.2) is 0 Å². The molecule has 0 saturated carbocycles. The predicted molar refractivity (Wildman–Crippen MR) is 60.4 cm³/mol. The molecule has 0 bridgehead atoms. The molecule has 0 radical (unpaired) electrons. The summed E-state index contributed by atoms with van der Waals surface area (Å²) in [4.78, 5) is 0. The van der Waals surface area contributed by atoms with E-state index < -0.39 is 0 Å². The summed E-state index contributed by atoms with van der Waals surface area (Å²) in [5.74, 6) is 0. The monoisotopic (exact) mass is 194 g/mol. The lowest BCUT2D eigenvalue weighted by molar-refractivity contribution is 0.234. The second-order valence-electron chi connectivity index (χ2n) is 4.26. The predicted octanol–water partition coefficient (Wildman–Crippen LogP) is 1.76. The third kappa shape index (κ3) is 2.64. The Kier molecular flexibility index (Phi) is 3.01. The van der Waals surface area contributed by atoms with Crippen molar-refractivity contribution < 1.29 is 5.11 Å². The number of nitrogens with one attached hydrogen (secondary N) is 1. The Morgan fingerprint density at radius 3 is 2.64 bits per heavy atom. The normalized spacial score (nSPS) is 11.4. The van der Waals surface area contributed by atoms with E-state index >= 15 is 0 Å². The second-order valence-corrected chi connectivity index (χ2v) is 4.26. The van der Waals surface area contributed by atoms with Gasteiger partial charge in [0.25, 0.3) is 0 Å². The molecule has 0 spiro atoms. The Balaban J connectivity index is 2.91. The van der Waals surface area contributed by atoms with Gasteiger partial charge < -0.3 is 16.2 Å². The van der Waals surface area contributed by atoms with Gasteiger partial charge in [-0.25, -0.2) is 0 Å². The molecule has 3 nitrogen and oxygen atoms in total. The van der Waals surface area contributed by atoms with Crippen molar-refractivity contribution in [2.24, 2.45) is 0 Å². The van der Waals surface area contributed by atoms with Crippen molar-refractivity contribution in [1.82, 2.24) is 0 Å². The first kappa shape index (κ1) is 10.9. The molecule has 0 aliphatic carbocycles. The molecule has 14 heavy (non-hydrogen) atoms. The van der Waals surface area contributed by atoms with E-state index in [1.807, 2.05) is 39.0 Å². The van der Waals surface area contributed by atoms with Crippen LogP contribution in [-0.4, -0.2) is 17.3 Å². The number of benzene rings is 1. The molecule has 0 heterocycles. The molecule has 0 fully saturated rings. The van der Waals surface area contributed by atoms with Gasteiger partial charge in [-0.05, 0) is 38.5 Å². The van der Waals surface area contributed by atoms with Crippen LogP contribution in [0.4, 0.5) is 11.4 Å². The van der Waals surface area contributed by atoms with Gasteiger partial charge in [-0.1, -0.05) is 6.07 Å². The van der Waals surface area contributed by atoms with E-state index in [1.165, 1.54) is 0 Å². The van der Waals surface area contributed by atoms with E-state index in [2.05, 4.69) is 5.32 Å². The fourth-order valence-electron chi connectivity index (χ4n) is 1.18. The Morgan fingerprint density at radius 1 is 1.43 bits per heavy atom. The van der Waals surface area contributed by atoms with Crippen molar-refractivity contribution >= 4 is 11.4 Å². The number of aliphatic hydroxyl groups excluding tert-OH is 1. The van der Waals surface area contributed by atoms with Crippen molar-refractivity contribution in [2.45, 2.75) is 26.3 Å². The molecule has 1 aromatic carbocycles. The summed E-state index contributed by atoms with van der Waals surface area (Å²) in [6.07, 6.45) is 0.